The third-order valence-corrected chi connectivity index (χ3v) is 14.8. The molecule has 0 aliphatic carbocycles. The van der Waals surface area contributed by atoms with Crippen LogP contribution in [0.5, 0.6) is 11.5 Å². The van der Waals surface area contributed by atoms with Crippen LogP contribution in [-0.4, -0.2) is 14.1 Å². The summed E-state index contributed by atoms with van der Waals surface area (Å²) in [6.07, 6.45) is 1.86. The van der Waals surface area contributed by atoms with E-state index in [0.717, 1.165) is 82.3 Å². The summed E-state index contributed by atoms with van der Waals surface area (Å²) >= 11 is 0. The van der Waals surface area contributed by atoms with Gasteiger partial charge in [-0.05, 0) is 135 Å². The second-order valence-electron chi connectivity index (χ2n) is 23.1. The first kappa shape index (κ1) is 40.9. The Kier molecular flexibility index (Phi) is 9.93. The quantitative estimate of drug-likeness (QED) is 0.161. The number of para-hydroxylation sites is 3. The van der Waals surface area contributed by atoms with E-state index in [2.05, 4.69) is 165 Å². The third-order valence-electron chi connectivity index (χ3n) is 14.8. The van der Waals surface area contributed by atoms with E-state index in [4.69, 9.17) is 22.1 Å². The fourth-order valence-corrected chi connectivity index (χ4v) is 11.0. The SMILES string of the molecule is [2H]C([2H])([2H])C(c1cc(-c2cccc3c4cccc(C(C)(C)C)c4c4ccccc4c4cccc5c4n(c23)[CH-]N5c2[c-]c(Oc3[c-]c4c(cc3)c3ccccc3n4-c3cc(C(C)(C)C)ccn3)ccc2)cc(C(C)(C)C)c1)(C([2H])([2H])[2H])C([2H])([2H])[2H].[Pt]. The normalized spacial score (nSPS) is 15.2. The van der Waals surface area contributed by atoms with Crippen molar-refractivity contribution in [1.29, 1.82) is 0 Å². The Hall–Kier alpha value is -7.33. The molecule has 0 saturated heterocycles. The van der Waals surface area contributed by atoms with Gasteiger partial charge < -0.3 is 18.8 Å². The van der Waals surface area contributed by atoms with Gasteiger partial charge in [0.2, 0.25) is 0 Å². The Labute approximate surface area is 475 Å². The standard InChI is InChI=1S/C70H65N4O.Pt/c1-67(2,3)45-35-36-71-63(40-45)74-60-31-16-15-24-53(60)54-34-33-50(42-62(54)74)75-49-22-17-21-48(41-49)72-43-73-65-51(44-37-46(68(4,5)6)39-47(38-44)69(7,8)9)26-18-28-58(65)56-27-19-30-59(70(10,11)12)64(56)55-25-14-13-23-52(55)57-29-20-32-61(72)66(57)73;/h13-40,43H,1-12H3;/q-3;/i4D3,5D3,6D3;. The predicted octanol–water partition coefficient (Wildman–Crippen LogP) is 19.1. The van der Waals surface area contributed by atoms with E-state index in [1.165, 1.54) is 12.1 Å². The fourth-order valence-electron chi connectivity index (χ4n) is 11.0. The number of rotatable bonds is 5. The summed E-state index contributed by atoms with van der Waals surface area (Å²) in [6.45, 7) is 10.6. The molecule has 0 fully saturated rings. The van der Waals surface area contributed by atoms with Gasteiger partial charge in [0.05, 0.1) is 0 Å². The maximum Gasteiger partial charge on any atom is 0.135 e. The molecule has 6 heteroatoms. The molecule has 0 saturated carbocycles. The van der Waals surface area contributed by atoms with E-state index in [-0.39, 0.29) is 37.5 Å². The van der Waals surface area contributed by atoms with Crippen molar-refractivity contribution in [2.24, 2.45) is 0 Å². The molecule has 76 heavy (non-hydrogen) atoms. The first-order valence-electron chi connectivity index (χ1n) is 30.2. The first-order chi connectivity index (χ1) is 39.5. The van der Waals surface area contributed by atoms with Crippen LogP contribution in [0.15, 0.2) is 170 Å². The first-order valence-corrected chi connectivity index (χ1v) is 25.7. The van der Waals surface area contributed by atoms with Gasteiger partial charge in [0.25, 0.3) is 0 Å². The van der Waals surface area contributed by atoms with Gasteiger partial charge in [0.15, 0.2) is 0 Å². The minimum atomic E-state index is -3.48. The summed E-state index contributed by atoms with van der Waals surface area (Å²) in [5, 5.41) is 7.87. The molecule has 0 N–H and O–H groups in total. The Morgan fingerprint density at radius 2 is 1.13 bits per heavy atom. The molecule has 384 valence electrons. The minimum Gasteiger partial charge on any atom is -0.509 e. The zero-order chi connectivity index (χ0) is 59.8. The molecule has 0 spiro atoms. The largest absolute Gasteiger partial charge is 0.509 e. The van der Waals surface area contributed by atoms with Crippen LogP contribution in [0.25, 0.3) is 82.1 Å². The summed E-state index contributed by atoms with van der Waals surface area (Å²) < 4.78 is 90.8. The van der Waals surface area contributed by atoms with E-state index >= 15 is 0 Å². The van der Waals surface area contributed by atoms with E-state index < -0.39 is 31.4 Å². The topological polar surface area (TPSA) is 35.2 Å². The van der Waals surface area contributed by atoms with Crippen LogP contribution in [0.3, 0.4) is 0 Å². The smallest absolute Gasteiger partial charge is 0.135 e. The monoisotopic (exact) mass is 1180 g/mol. The molecule has 11 aromatic rings. The molecule has 5 nitrogen and oxygen atoms in total. The fraction of sp³-hybridized carbons (Fsp3) is 0.229. The van der Waals surface area contributed by atoms with Crippen molar-refractivity contribution in [3.8, 4) is 28.4 Å². The Morgan fingerprint density at radius 3 is 1.87 bits per heavy atom. The van der Waals surface area contributed by atoms with E-state index in [0.29, 0.717) is 39.4 Å². The summed E-state index contributed by atoms with van der Waals surface area (Å²) in [5.41, 5.74) is 4.15. The van der Waals surface area contributed by atoms with Crippen molar-refractivity contribution in [3.63, 3.8) is 0 Å². The van der Waals surface area contributed by atoms with Gasteiger partial charge in [-0.1, -0.05) is 203 Å². The zero-order valence-corrected chi connectivity index (χ0v) is 46.5. The van der Waals surface area contributed by atoms with Crippen LogP contribution in [0, 0.1) is 18.8 Å². The molecule has 1 aliphatic heterocycles. The molecule has 0 amide bonds. The predicted molar refractivity (Wildman–Crippen MR) is 317 cm³/mol. The summed E-state index contributed by atoms with van der Waals surface area (Å²) in [4.78, 5) is 6.96. The summed E-state index contributed by atoms with van der Waals surface area (Å²) in [7, 11) is 0. The Morgan fingerprint density at radius 1 is 0.513 bits per heavy atom. The molecule has 3 aromatic heterocycles. The molecule has 0 atom stereocenters. The zero-order valence-electron chi connectivity index (χ0n) is 53.3. The number of hydrogen-bond donors (Lipinski definition) is 0. The van der Waals surface area contributed by atoms with Gasteiger partial charge >= 0.3 is 0 Å². The molecular formula is C70H65N4OPt-3. The van der Waals surface area contributed by atoms with Gasteiger partial charge in [0.1, 0.15) is 5.82 Å². The number of pyridine rings is 1. The molecule has 8 aromatic carbocycles. The van der Waals surface area contributed by atoms with Crippen LogP contribution in [-0.2, 0) is 42.7 Å². The van der Waals surface area contributed by atoms with Crippen molar-refractivity contribution in [2.45, 2.75) is 105 Å². The average molecular weight is 1180 g/mol. The number of ether oxygens (including phenoxy) is 1. The van der Waals surface area contributed by atoms with Crippen LogP contribution in [0.1, 0.15) is 117 Å². The molecule has 0 bridgehead atoms. The van der Waals surface area contributed by atoms with Gasteiger partial charge in [-0.3, -0.25) is 0 Å². The number of anilines is 2. The Balaban J connectivity index is 0.00000752. The second-order valence-corrected chi connectivity index (χ2v) is 23.1. The van der Waals surface area contributed by atoms with Gasteiger partial charge in [-0.2, -0.15) is 12.1 Å². The van der Waals surface area contributed by atoms with Gasteiger partial charge in [-0.15, -0.1) is 35.7 Å². The molecule has 1 aliphatic rings. The van der Waals surface area contributed by atoms with Crippen LogP contribution in [0.4, 0.5) is 11.4 Å². The Bertz CT molecular complexity index is 4510. The van der Waals surface area contributed by atoms with E-state index in [1.807, 2.05) is 88.2 Å². The van der Waals surface area contributed by atoms with Crippen LogP contribution >= 0.6 is 0 Å². The average Bonchev–Trinajstić information content (AvgIpc) is 1.36. The molecule has 12 rings (SSSR count). The number of benzene rings is 8. The molecular weight excluding hydrogens is 1110 g/mol. The molecule has 0 radical (unpaired) electrons. The number of hydrogen-bond acceptors (Lipinski definition) is 3. The van der Waals surface area contributed by atoms with Crippen molar-refractivity contribution < 1.29 is 38.1 Å². The maximum atomic E-state index is 8.86. The van der Waals surface area contributed by atoms with E-state index in [9.17, 15) is 0 Å². The summed E-state index contributed by atoms with van der Waals surface area (Å²) in [5.74, 6) is 1.72. The van der Waals surface area contributed by atoms with Crippen molar-refractivity contribution in [3.05, 3.63) is 211 Å². The van der Waals surface area contributed by atoms with Crippen molar-refractivity contribution >= 4 is 76.5 Å². The number of aromatic nitrogens is 3. The maximum absolute atomic E-state index is 8.86. The summed E-state index contributed by atoms with van der Waals surface area (Å²) in [6, 6.07) is 61.6. The number of fused-ring (bicyclic) bond motifs is 10. The second kappa shape index (κ2) is 18.5. The van der Waals surface area contributed by atoms with Crippen LogP contribution in [0.2, 0.25) is 0 Å². The van der Waals surface area contributed by atoms with Gasteiger partial charge in [0, 0.05) is 62.3 Å². The number of nitrogens with zero attached hydrogens (tertiary/aromatic N) is 4. The van der Waals surface area contributed by atoms with E-state index in [1.54, 1.807) is 0 Å². The van der Waals surface area contributed by atoms with Crippen molar-refractivity contribution in [1.82, 2.24) is 14.1 Å². The van der Waals surface area contributed by atoms with Crippen molar-refractivity contribution in [2.75, 3.05) is 4.90 Å². The minimum absolute atomic E-state index is 0. The molecule has 4 heterocycles. The third kappa shape index (κ3) is 8.71. The van der Waals surface area contributed by atoms with Gasteiger partial charge in [-0.25, -0.2) is 4.98 Å². The van der Waals surface area contributed by atoms with Crippen LogP contribution < -0.4 is 9.64 Å². The molecule has 0 unspecified atom stereocenters.